The van der Waals surface area contributed by atoms with Gasteiger partial charge in [0.1, 0.15) is 5.76 Å². The number of thiophene rings is 1. The molecule has 0 spiro atoms. The molecule has 51 heavy (non-hydrogen) atoms. The van der Waals surface area contributed by atoms with Gasteiger partial charge in [0.05, 0.1) is 10.4 Å². The number of carbonyl (C=O) groups excluding carboxylic acids is 1. The minimum absolute atomic E-state index is 0. The third-order valence-electron chi connectivity index (χ3n) is 10.7. The Morgan fingerprint density at radius 2 is 1.51 bits per heavy atom. The molecule has 3 aromatic heterocycles. The number of carbonyl (C=O) groups is 1. The first-order chi connectivity index (χ1) is 23.6. The summed E-state index contributed by atoms with van der Waals surface area (Å²) >= 11 is 1.78. The van der Waals surface area contributed by atoms with Crippen LogP contribution in [-0.4, -0.2) is 20.9 Å². The molecule has 1 N–H and O–H groups in total. The number of aliphatic hydroxyl groups is 1. The van der Waals surface area contributed by atoms with Gasteiger partial charge in [0.15, 0.2) is 5.78 Å². The van der Waals surface area contributed by atoms with Crippen molar-refractivity contribution in [3.63, 3.8) is 0 Å². The molecule has 5 rings (SSSR count). The minimum atomic E-state index is -0.337. The van der Waals surface area contributed by atoms with E-state index < -0.39 is 0 Å². The second-order valence-electron chi connectivity index (χ2n) is 15.7. The molecule has 0 fully saturated rings. The van der Waals surface area contributed by atoms with E-state index in [1.54, 1.807) is 11.3 Å². The number of fused-ring (bicyclic) bond motifs is 2. The first-order valence-corrected chi connectivity index (χ1v) is 19.2. The number of aliphatic hydroxyl groups excluding tert-OH is 1. The van der Waals surface area contributed by atoms with Crippen LogP contribution >= 0.6 is 11.3 Å². The first-order valence-electron chi connectivity index (χ1n) is 18.3. The SMILES string of the molecule is CC(C)Cc1csc2cnc(-c3ccnc(-c4[c-]c5ccccc5c(C(C)(C)C)c4)c3)cc12.CCC(C)(CC)C(=O)/C=C(\O)C(C)(CC)CC.[Ir]. The molecule has 0 aliphatic heterocycles. The zero-order valence-electron chi connectivity index (χ0n) is 32.5. The summed E-state index contributed by atoms with van der Waals surface area (Å²) in [6.45, 7) is 23.4. The van der Waals surface area contributed by atoms with Crippen LogP contribution in [0.15, 0.2) is 78.1 Å². The van der Waals surface area contributed by atoms with Gasteiger partial charge in [0, 0.05) is 55.1 Å². The fraction of sp³-hybridized carbons (Fsp3) is 0.444. The molecule has 1 radical (unpaired) electrons. The van der Waals surface area contributed by atoms with Crippen molar-refractivity contribution in [2.75, 3.05) is 0 Å². The van der Waals surface area contributed by atoms with E-state index in [0.29, 0.717) is 5.92 Å². The Kier molecular flexibility index (Phi) is 14.5. The van der Waals surface area contributed by atoms with E-state index in [1.165, 1.54) is 32.7 Å². The Bertz CT molecular complexity index is 1960. The van der Waals surface area contributed by atoms with E-state index in [0.717, 1.165) is 60.0 Å². The van der Waals surface area contributed by atoms with Crippen LogP contribution in [0.4, 0.5) is 0 Å². The standard InChI is InChI=1S/C30H29N2S.C15H28O2.Ir/c1-19(2)12-23-18-33-29-17-32-28(16-25(23)29)21-10-11-31-27(15-21)22-13-20-8-6-7-9-24(20)26(14-22)30(3,4)5;1-7-14(5,8-2)12(16)11-13(17)15(6,9-3)10-4;/h6-11,14-19H,12H2,1-5H3;11,16H,7-10H2,1-6H3;/q-1;;/b;12-11-;. The summed E-state index contributed by atoms with van der Waals surface area (Å²) in [6, 6.07) is 20.8. The van der Waals surface area contributed by atoms with E-state index in [9.17, 15) is 9.90 Å². The topological polar surface area (TPSA) is 63.1 Å². The predicted molar refractivity (Wildman–Crippen MR) is 215 cm³/mol. The molecule has 0 aliphatic rings. The van der Waals surface area contributed by atoms with Crippen molar-refractivity contribution in [2.45, 2.75) is 114 Å². The molecule has 2 aromatic carbocycles. The number of allylic oxidation sites excluding steroid dienone is 2. The molecule has 0 saturated heterocycles. The molecule has 0 saturated carbocycles. The summed E-state index contributed by atoms with van der Waals surface area (Å²) < 4.78 is 1.25. The molecule has 5 aromatic rings. The average molecular weight is 882 g/mol. The molecule has 0 bridgehead atoms. The fourth-order valence-corrected chi connectivity index (χ4v) is 7.07. The van der Waals surface area contributed by atoms with Gasteiger partial charge in [-0.1, -0.05) is 111 Å². The van der Waals surface area contributed by atoms with E-state index in [-0.39, 0.29) is 47.9 Å². The third-order valence-corrected chi connectivity index (χ3v) is 11.7. The molecular weight excluding hydrogens is 825 g/mol. The van der Waals surface area contributed by atoms with Crippen LogP contribution in [0.3, 0.4) is 0 Å². The largest absolute Gasteiger partial charge is 0.512 e. The van der Waals surface area contributed by atoms with Crippen molar-refractivity contribution in [3.8, 4) is 22.5 Å². The van der Waals surface area contributed by atoms with Crippen molar-refractivity contribution < 1.29 is 30.0 Å². The quantitative estimate of drug-likeness (QED) is 0.0815. The van der Waals surface area contributed by atoms with Gasteiger partial charge in [-0.2, -0.15) is 0 Å². The smallest absolute Gasteiger partial charge is 0.164 e. The van der Waals surface area contributed by atoms with Crippen LogP contribution in [-0.2, 0) is 36.7 Å². The van der Waals surface area contributed by atoms with E-state index in [1.807, 2.05) is 53.9 Å². The monoisotopic (exact) mass is 882 g/mol. The summed E-state index contributed by atoms with van der Waals surface area (Å²) in [5.41, 5.74) is 6.19. The maximum atomic E-state index is 12.2. The van der Waals surface area contributed by atoms with Gasteiger partial charge >= 0.3 is 0 Å². The van der Waals surface area contributed by atoms with Crippen LogP contribution in [0, 0.1) is 22.8 Å². The zero-order chi connectivity index (χ0) is 36.9. The second kappa shape index (κ2) is 17.6. The van der Waals surface area contributed by atoms with Gasteiger partial charge in [-0.3, -0.25) is 14.8 Å². The number of nitrogens with zero attached hydrogens (tertiary/aromatic N) is 2. The summed E-state index contributed by atoms with van der Waals surface area (Å²) in [6.07, 6.45) is 9.75. The van der Waals surface area contributed by atoms with Crippen molar-refractivity contribution >= 4 is 38.0 Å². The molecular formula is C45H57IrN2O2S-. The molecule has 3 heterocycles. The Balaban J connectivity index is 0.000000335. The Morgan fingerprint density at radius 1 is 0.863 bits per heavy atom. The van der Waals surface area contributed by atoms with E-state index in [2.05, 4.69) is 94.6 Å². The average Bonchev–Trinajstić information content (AvgIpc) is 3.51. The van der Waals surface area contributed by atoms with Crippen molar-refractivity contribution in [1.82, 2.24) is 9.97 Å². The summed E-state index contributed by atoms with van der Waals surface area (Å²) in [4.78, 5) is 21.7. The number of rotatable bonds is 11. The molecule has 275 valence electrons. The van der Waals surface area contributed by atoms with Gasteiger partial charge in [-0.25, -0.2) is 0 Å². The van der Waals surface area contributed by atoms with Crippen LogP contribution in [0.2, 0.25) is 0 Å². The third kappa shape index (κ3) is 9.83. The number of hydrogen-bond donors (Lipinski definition) is 1. The minimum Gasteiger partial charge on any atom is -0.512 e. The van der Waals surface area contributed by atoms with Crippen LogP contribution in [0.25, 0.3) is 43.4 Å². The number of aromatic nitrogens is 2. The van der Waals surface area contributed by atoms with E-state index in [4.69, 9.17) is 9.97 Å². The number of hydrogen-bond acceptors (Lipinski definition) is 5. The van der Waals surface area contributed by atoms with Gasteiger partial charge in [0.25, 0.3) is 0 Å². The van der Waals surface area contributed by atoms with Crippen LogP contribution < -0.4 is 0 Å². The first kappa shape index (κ1) is 42.2. The van der Waals surface area contributed by atoms with Gasteiger partial charge < -0.3 is 5.11 Å². The van der Waals surface area contributed by atoms with Crippen molar-refractivity contribution in [3.05, 3.63) is 95.3 Å². The van der Waals surface area contributed by atoms with E-state index >= 15 is 0 Å². The molecule has 6 heteroatoms. The predicted octanol–water partition coefficient (Wildman–Crippen LogP) is 13.1. The second-order valence-corrected chi connectivity index (χ2v) is 16.6. The summed E-state index contributed by atoms with van der Waals surface area (Å²) in [5.74, 6) is 0.918. The van der Waals surface area contributed by atoms with Crippen molar-refractivity contribution in [1.29, 1.82) is 0 Å². The molecule has 0 amide bonds. The Morgan fingerprint density at radius 3 is 2.12 bits per heavy atom. The van der Waals surface area contributed by atoms with Crippen molar-refractivity contribution in [2.24, 2.45) is 16.7 Å². The number of pyridine rings is 2. The fourth-order valence-electron chi connectivity index (χ4n) is 6.15. The van der Waals surface area contributed by atoms with Gasteiger partial charge in [-0.15, -0.1) is 40.5 Å². The maximum absolute atomic E-state index is 12.2. The normalized spacial score (nSPS) is 12.5. The summed E-state index contributed by atoms with van der Waals surface area (Å²) in [7, 11) is 0. The van der Waals surface area contributed by atoms with Gasteiger partial charge in [-0.05, 0) is 77.5 Å². The Labute approximate surface area is 324 Å². The summed E-state index contributed by atoms with van der Waals surface area (Å²) in [5, 5.41) is 16.1. The van der Waals surface area contributed by atoms with Crippen LogP contribution in [0.5, 0.6) is 0 Å². The molecule has 0 aliphatic carbocycles. The Hall–Kier alpha value is -3.18. The molecule has 0 atom stereocenters. The number of ketones is 1. The zero-order valence-corrected chi connectivity index (χ0v) is 35.7. The molecule has 4 nitrogen and oxygen atoms in total. The van der Waals surface area contributed by atoms with Gasteiger partial charge in [0.2, 0.25) is 0 Å². The molecule has 0 unspecified atom stereocenters. The number of benzene rings is 2. The maximum Gasteiger partial charge on any atom is 0.164 e. The van der Waals surface area contributed by atoms with Crippen LogP contribution in [0.1, 0.15) is 113 Å².